The van der Waals surface area contributed by atoms with Gasteiger partial charge >= 0.3 is 6.03 Å². The minimum absolute atomic E-state index is 0.0418. The zero-order valence-electron chi connectivity index (χ0n) is 15.7. The zero-order valence-corrected chi connectivity index (χ0v) is 15.7. The van der Waals surface area contributed by atoms with Gasteiger partial charge in [-0.25, -0.2) is 4.79 Å². The molecule has 0 radical (unpaired) electrons. The lowest BCUT2D eigenvalue weighted by atomic mass is 9.93. The zero-order chi connectivity index (χ0) is 19.7. The molecular formula is C22H22N2O4. The molecule has 1 saturated carbocycles. The van der Waals surface area contributed by atoms with Crippen molar-refractivity contribution in [3.05, 3.63) is 47.5 Å². The molecule has 2 aliphatic rings. The van der Waals surface area contributed by atoms with Crippen LogP contribution in [0.2, 0.25) is 0 Å². The van der Waals surface area contributed by atoms with E-state index in [4.69, 9.17) is 4.74 Å². The number of ether oxygens (including phenoxy) is 1. The fourth-order valence-electron chi connectivity index (χ4n) is 4.09. The standard InChI is InChI=1S/C22H22N2O4/c1-28-19-12-11-14-7-5-6-10-16(14)17(19)13-18-20(25)23-22(27)24(21(18)26)15-8-3-2-4-9-15/h5-7,10-13,15H,2-4,8-9H2,1H3,(H,23,25,27)/b18-13+. The van der Waals surface area contributed by atoms with Crippen LogP contribution in [-0.2, 0) is 9.59 Å². The van der Waals surface area contributed by atoms with E-state index in [1.54, 1.807) is 13.2 Å². The third kappa shape index (κ3) is 3.15. The summed E-state index contributed by atoms with van der Waals surface area (Å²) in [5, 5.41) is 4.17. The number of hydrogen-bond acceptors (Lipinski definition) is 4. The molecule has 0 bridgehead atoms. The van der Waals surface area contributed by atoms with Crippen LogP contribution in [0.25, 0.3) is 16.8 Å². The first-order valence-electron chi connectivity index (χ1n) is 9.56. The van der Waals surface area contributed by atoms with Crippen molar-refractivity contribution in [2.75, 3.05) is 7.11 Å². The smallest absolute Gasteiger partial charge is 0.331 e. The average Bonchev–Trinajstić information content (AvgIpc) is 2.71. The molecule has 0 aromatic heterocycles. The highest BCUT2D eigenvalue weighted by Gasteiger charge is 2.40. The van der Waals surface area contributed by atoms with Gasteiger partial charge in [-0.1, -0.05) is 49.6 Å². The average molecular weight is 378 g/mol. The van der Waals surface area contributed by atoms with Crippen molar-refractivity contribution in [2.45, 2.75) is 38.1 Å². The molecule has 0 unspecified atom stereocenters. The first kappa shape index (κ1) is 18.2. The number of carbonyl (C=O) groups excluding carboxylic acids is 3. The van der Waals surface area contributed by atoms with Crippen molar-refractivity contribution in [2.24, 2.45) is 0 Å². The summed E-state index contributed by atoms with van der Waals surface area (Å²) in [5.74, 6) is -0.638. The number of nitrogens with zero attached hydrogens (tertiary/aromatic N) is 1. The molecule has 2 fully saturated rings. The lowest BCUT2D eigenvalue weighted by Gasteiger charge is -2.35. The number of hydrogen-bond donors (Lipinski definition) is 1. The van der Waals surface area contributed by atoms with Gasteiger partial charge in [0.2, 0.25) is 0 Å². The highest BCUT2D eigenvalue weighted by Crippen LogP contribution is 2.32. The van der Waals surface area contributed by atoms with Gasteiger partial charge in [-0.05, 0) is 35.8 Å². The van der Waals surface area contributed by atoms with E-state index in [9.17, 15) is 14.4 Å². The summed E-state index contributed by atoms with van der Waals surface area (Å²) in [6.07, 6.45) is 6.16. The number of nitrogens with one attached hydrogen (secondary N) is 1. The van der Waals surface area contributed by atoms with E-state index in [-0.39, 0.29) is 11.6 Å². The number of methoxy groups -OCH3 is 1. The molecule has 4 rings (SSSR count). The number of fused-ring (bicyclic) bond motifs is 1. The largest absolute Gasteiger partial charge is 0.496 e. The normalized spacial score (nSPS) is 20.0. The Bertz CT molecular complexity index is 989. The minimum Gasteiger partial charge on any atom is -0.496 e. The topological polar surface area (TPSA) is 75.7 Å². The molecule has 0 atom stereocenters. The SMILES string of the molecule is COc1ccc2ccccc2c1/C=C1\C(=O)NC(=O)N(C2CCCCC2)C1=O. The lowest BCUT2D eigenvalue weighted by Crippen LogP contribution is -2.58. The number of rotatable bonds is 3. The van der Waals surface area contributed by atoms with E-state index in [1.807, 2.05) is 36.4 Å². The number of urea groups is 1. The number of barbiturate groups is 1. The van der Waals surface area contributed by atoms with E-state index >= 15 is 0 Å². The maximum absolute atomic E-state index is 13.1. The van der Waals surface area contributed by atoms with Crippen LogP contribution in [0.5, 0.6) is 5.75 Å². The van der Waals surface area contributed by atoms with Crippen LogP contribution in [0, 0.1) is 0 Å². The second kappa shape index (κ2) is 7.46. The summed E-state index contributed by atoms with van der Waals surface area (Å²) < 4.78 is 5.46. The van der Waals surface area contributed by atoms with Gasteiger partial charge in [0.1, 0.15) is 11.3 Å². The van der Waals surface area contributed by atoms with Crippen LogP contribution in [-0.4, -0.2) is 35.9 Å². The van der Waals surface area contributed by atoms with Crippen LogP contribution in [0.1, 0.15) is 37.7 Å². The Labute approximate surface area is 163 Å². The van der Waals surface area contributed by atoms with Gasteiger partial charge in [0.05, 0.1) is 7.11 Å². The predicted octanol–water partition coefficient (Wildman–Crippen LogP) is 3.64. The molecule has 28 heavy (non-hydrogen) atoms. The van der Waals surface area contributed by atoms with E-state index in [2.05, 4.69) is 5.32 Å². The Morgan fingerprint density at radius 2 is 1.79 bits per heavy atom. The molecule has 1 aliphatic heterocycles. The predicted molar refractivity (Wildman–Crippen MR) is 106 cm³/mol. The fourth-order valence-corrected chi connectivity index (χ4v) is 4.09. The van der Waals surface area contributed by atoms with Crippen molar-refractivity contribution in [1.29, 1.82) is 0 Å². The van der Waals surface area contributed by atoms with E-state index in [0.717, 1.165) is 42.9 Å². The van der Waals surface area contributed by atoms with E-state index < -0.39 is 17.8 Å². The second-order valence-electron chi connectivity index (χ2n) is 7.19. The number of benzene rings is 2. The Morgan fingerprint density at radius 1 is 1.04 bits per heavy atom. The van der Waals surface area contributed by atoms with Gasteiger partial charge in [0.15, 0.2) is 0 Å². The molecule has 0 spiro atoms. The Morgan fingerprint density at radius 3 is 2.54 bits per heavy atom. The Hall–Kier alpha value is -3.15. The molecule has 6 nitrogen and oxygen atoms in total. The maximum Gasteiger partial charge on any atom is 0.331 e. The van der Waals surface area contributed by atoms with E-state index in [1.165, 1.54) is 4.90 Å². The highest BCUT2D eigenvalue weighted by molar-refractivity contribution is 6.31. The van der Waals surface area contributed by atoms with Gasteiger partial charge in [0.25, 0.3) is 11.8 Å². The van der Waals surface area contributed by atoms with Gasteiger partial charge in [-0.2, -0.15) is 0 Å². The molecule has 4 amide bonds. The quantitative estimate of drug-likeness (QED) is 0.653. The highest BCUT2D eigenvalue weighted by atomic mass is 16.5. The summed E-state index contributed by atoms with van der Waals surface area (Å²) in [6, 6.07) is 10.6. The van der Waals surface area contributed by atoms with Crippen LogP contribution in [0.15, 0.2) is 42.0 Å². The van der Waals surface area contributed by atoms with Crippen molar-refractivity contribution < 1.29 is 19.1 Å². The van der Waals surface area contributed by atoms with Gasteiger partial charge in [0, 0.05) is 11.6 Å². The third-order valence-corrected chi connectivity index (χ3v) is 5.51. The molecule has 6 heteroatoms. The summed E-state index contributed by atoms with van der Waals surface area (Å²) in [5.41, 5.74) is 0.608. The molecular weight excluding hydrogens is 356 g/mol. The van der Waals surface area contributed by atoms with Gasteiger partial charge < -0.3 is 4.74 Å². The van der Waals surface area contributed by atoms with Crippen LogP contribution < -0.4 is 10.1 Å². The molecule has 2 aromatic carbocycles. The van der Waals surface area contributed by atoms with Crippen molar-refractivity contribution in [1.82, 2.24) is 10.2 Å². The molecule has 1 saturated heterocycles. The van der Waals surface area contributed by atoms with Gasteiger partial charge in [-0.15, -0.1) is 0 Å². The molecule has 1 heterocycles. The summed E-state index contributed by atoms with van der Waals surface area (Å²) in [7, 11) is 1.55. The number of carbonyl (C=O) groups is 3. The molecule has 144 valence electrons. The number of imide groups is 2. The van der Waals surface area contributed by atoms with Crippen molar-refractivity contribution >= 4 is 34.7 Å². The Kier molecular flexibility index (Phi) is 4.86. The summed E-state index contributed by atoms with van der Waals surface area (Å²) >= 11 is 0. The van der Waals surface area contributed by atoms with Gasteiger partial charge in [-0.3, -0.25) is 19.8 Å². The Balaban J connectivity index is 1.80. The third-order valence-electron chi connectivity index (χ3n) is 5.51. The maximum atomic E-state index is 13.1. The number of amides is 4. The molecule has 1 aliphatic carbocycles. The van der Waals surface area contributed by atoms with Crippen molar-refractivity contribution in [3.63, 3.8) is 0 Å². The molecule has 2 aromatic rings. The van der Waals surface area contributed by atoms with Crippen LogP contribution in [0.4, 0.5) is 4.79 Å². The fraction of sp³-hybridized carbons (Fsp3) is 0.318. The van der Waals surface area contributed by atoms with E-state index in [0.29, 0.717) is 11.3 Å². The minimum atomic E-state index is -0.669. The first-order chi connectivity index (χ1) is 13.6. The van der Waals surface area contributed by atoms with Crippen LogP contribution in [0.3, 0.4) is 0 Å². The van der Waals surface area contributed by atoms with Crippen molar-refractivity contribution in [3.8, 4) is 5.75 Å². The molecule has 1 N–H and O–H groups in total. The lowest BCUT2D eigenvalue weighted by molar-refractivity contribution is -0.132. The first-order valence-corrected chi connectivity index (χ1v) is 9.56. The van der Waals surface area contributed by atoms with Crippen LogP contribution >= 0.6 is 0 Å². The monoisotopic (exact) mass is 378 g/mol. The second-order valence-corrected chi connectivity index (χ2v) is 7.19. The summed E-state index contributed by atoms with van der Waals surface area (Å²) in [6.45, 7) is 0. The summed E-state index contributed by atoms with van der Waals surface area (Å²) in [4.78, 5) is 39.2.